The Labute approximate surface area is 183 Å². The van der Waals surface area contributed by atoms with E-state index < -0.39 is 9.84 Å². The van der Waals surface area contributed by atoms with E-state index in [-0.39, 0.29) is 45.2 Å². The maximum atomic E-state index is 13.5. The number of halogens is 2. The molecule has 0 aromatic heterocycles. The summed E-state index contributed by atoms with van der Waals surface area (Å²) < 4.78 is 24.3. The standard InChI is InChI=1S/C21H28Cl2N2O3S/c1-21(2)17(11-18(22)23)19(21)20(26)25(16-9-10-29(27,28)13-16)12-14-5-7-15(8-6-14)24(3)4/h5-8,11,16-17,19H,9-10,12-13H2,1-4H3. The van der Waals surface area contributed by atoms with Crippen molar-refractivity contribution in [2.24, 2.45) is 17.3 Å². The summed E-state index contributed by atoms with van der Waals surface area (Å²) in [7, 11) is 0.837. The van der Waals surface area contributed by atoms with Gasteiger partial charge in [-0.1, -0.05) is 49.2 Å². The Kier molecular flexibility index (Phi) is 6.29. The Balaban J connectivity index is 1.86. The molecule has 29 heavy (non-hydrogen) atoms. The van der Waals surface area contributed by atoms with Gasteiger partial charge in [-0.25, -0.2) is 8.42 Å². The SMILES string of the molecule is CN(C)c1ccc(CN(C(=O)C2C(C=C(Cl)Cl)C2(C)C)C2CCS(=O)(=O)C2)cc1. The number of hydrogen-bond acceptors (Lipinski definition) is 4. The highest BCUT2D eigenvalue weighted by atomic mass is 35.5. The summed E-state index contributed by atoms with van der Waals surface area (Å²) in [4.78, 5) is 17.3. The summed E-state index contributed by atoms with van der Waals surface area (Å²) >= 11 is 11.7. The third-order valence-electron chi connectivity index (χ3n) is 6.22. The van der Waals surface area contributed by atoms with E-state index in [1.165, 1.54) is 0 Å². The average molecular weight is 459 g/mol. The molecule has 1 aliphatic carbocycles. The minimum absolute atomic E-state index is 0.0235. The normalized spacial score (nSPS) is 26.6. The molecule has 1 aliphatic heterocycles. The molecular weight excluding hydrogens is 431 g/mol. The highest BCUT2D eigenvalue weighted by Gasteiger charge is 2.62. The van der Waals surface area contributed by atoms with Crippen molar-refractivity contribution in [2.75, 3.05) is 30.5 Å². The molecule has 2 aliphatic rings. The van der Waals surface area contributed by atoms with E-state index in [1.807, 2.05) is 57.1 Å². The van der Waals surface area contributed by atoms with Gasteiger partial charge in [0.25, 0.3) is 0 Å². The quantitative estimate of drug-likeness (QED) is 0.649. The molecule has 1 heterocycles. The molecule has 1 aromatic rings. The van der Waals surface area contributed by atoms with Crippen molar-refractivity contribution in [2.45, 2.75) is 32.9 Å². The lowest BCUT2D eigenvalue weighted by Gasteiger charge is -2.29. The van der Waals surface area contributed by atoms with Gasteiger partial charge in [0.15, 0.2) is 9.84 Å². The van der Waals surface area contributed by atoms with Crippen LogP contribution in [0.5, 0.6) is 0 Å². The van der Waals surface area contributed by atoms with E-state index >= 15 is 0 Å². The molecular formula is C21H28Cl2N2O3S. The molecule has 3 atom stereocenters. The Morgan fingerprint density at radius 1 is 1.21 bits per heavy atom. The minimum Gasteiger partial charge on any atom is -0.378 e. The maximum absolute atomic E-state index is 13.5. The second-order valence-electron chi connectivity index (χ2n) is 8.87. The van der Waals surface area contributed by atoms with Crippen molar-refractivity contribution in [3.63, 3.8) is 0 Å². The zero-order chi connectivity index (χ0) is 21.6. The Hall–Kier alpha value is -1.24. The number of benzene rings is 1. The molecule has 160 valence electrons. The predicted octanol–water partition coefficient (Wildman–Crippen LogP) is 3.86. The molecule has 1 amide bonds. The van der Waals surface area contributed by atoms with Gasteiger partial charge >= 0.3 is 0 Å². The number of sulfone groups is 1. The topological polar surface area (TPSA) is 57.7 Å². The van der Waals surface area contributed by atoms with Gasteiger partial charge in [-0.2, -0.15) is 0 Å². The highest BCUT2D eigenvalue weighted by molar-refractivity contribution is 7.91. The van der Waals surface area contributed by atoms with Crippen LogP contribution in [0.1, 0.15) is 25.8 Å². The number of rotatable bonds is 6. The van der Waals surface area contributed by atoms with Crippen LogP contribution in [0.2, 0.25) is 0 Å². The first-order chi connectivity index (χ1) is 13.4. The maximum Gasteiger partial charge on any atom is 0.227 e. The average Bonchev–Trinajstić information content (AvgIpc) is 2.94. The van der Waals surface area contributed by atoms with Crippen LogP contribution < -0.4 is 4.90 Å². The predicted molar refractivity (Wildman–Crippen MR) is 119 cm³/mol. The number of nitrogens with zero attached hydrogens (tertiary/aromatic N) is 2. The third-order valence-corrected chi connectivity index (χ3v) is 8.22. The Bertz CT molecular complexity index is 906. The van der Waals surface area contributed by atoms with E-state index in [1.54, 1.807) is 11.0 Å². The molecule has 3 unspecified atom stereocenters. The van der Waals surface area contributed by atoms with Crippen molar-refractivity contribution in [3.8, 4) is 0 Å². The first kappa shape index (κ1) is 22.4. The first-order valence-electron chi connectivity index (χ1n) is 9.72. The van der Waals surface area contributed by atoms with Crippen molar-refractivity contribution in [1.29, 1.82) is 0 Å². The van der Waals surface area contributed by atoms with Crippen LogP contribution in [0.25, 0.3) is 0 Å². The number of anilines is 1. The molecule has 3 rings (SSSR count). The summed E-state index contributed by atoms with van der Waals surface area (Å²) in [6, 6.07) is 7.69. The van der Waals surface area contributed by atoms with Gasteiger partial charge in [-0.05, 0) is 41.5 Å². The second kappa shape index (κ2) is 8.12. The van der Waals surface area contributed by atoms with Crippen LogP contribution in [0.4, 0.5) is 5.69 Å². The largest absolute Gasteiger partial charge is 0.378 e. The third kappa shape index (κ3) is 4.92. The molecule has 0 spiro atoms. The lowest BCUT2D eigenvalue weighted by atomic mass is 10.1. The van der Waals surface area contributed by atoms with Crippen LogP contribution in [0.15, 0.2) is 34.8 Å². The molecule has 0 N–H and O–H groups in total. The van der Waals surface area contributed by atoms with Gasteiger partial charge in [0.1, 0.15) is 4.49 Å². The zero-order valence-electron chi connectivity index (χ0n) is 17.2. The zero-order valence-corrected chi connectivity index (χ0v) is 19.6. The van der Waals surface area contributed by atoms with Gasteiger partial charge in [0.05, 0.1) is 17.4 Å². The van der Waals surface area contributed by atoms with Gasteiger partial charge < -0.3 is 9.80 Å². The summed E-state index contributed by atoms with van der Waals surface area (Å²) in [5.41, 5.74) is 1.80. The fourth-order valence-electron chi connectivity index (χ4n) is 4.28. The fourth-order valence-corrected chi connectivity index (χ4v) is 6.28. The van der Waals surface area contributed by atoms with Crippen molar-refractivity contribution in [1.82, 2.24) is 4.90 Å². The smallest absolute Gasteiger partial charge is 0.227 e. The molecule has 1 saturated carbocycles. The number of hydrogen-bond donors (Lipinski definition) is 0. The lowest BCUT2D eigenvalue weighted by molar-refractivity contribution is -0.136. The summed E-state index contributed by atoms with van der Waals surface area (Å²) in [6.45, 7) is 4.43. The molecule has 5 nitrogen and oxygen atoms in total. The minimum atomic E-state index is -3.11. The monoisotopic (exact) mass is 458 g/mol. The molecule has 0 radical (unpaired) electrons. The van der Waals surface area contributed by atoms with E-state index in [4.69, 9.17) is 23.2 Å². The molecule has 1 saturated heterocycles. The molecule has 1 aromatic carbocycles. The van der Waals surface area contributed by atoms with Crippen LogP contribution in [0.3, 0.4) is 0 Å². The number of carbonyl (C=O) groups is 1. The highest BCUT2D eigenvalue weighted by Crippen LogP contribution is 2.60. The lowest BCUT2D eigenvalue weighted by Crippen LogP contribution is -2.42. The van der Waals surface area contributed by atoms with E-state index in [0.717, 1.165) is 11.3 Å². The summed E-state index contributed by atoms with van der Waals surface area (Å²) in [6.07, 6.45) is 2.20. The van der Waals surface area contributed by atoms with Crippen molar-refractivity contribution < 1.29 is 13.2 Å². The van der Waals surface area contributed by atoms with E-state index in [2.05, 4.69) is 0 Å². The summed E-state index contributed by atoms with van der Waals surface area (Å²) in [5, 5.41) is 0. The molecule has 2 fully saturated rings. The molecule has 0 bridgehead atoms. The first-order valence-corrected chi connectivity index (χ1v) is 12.3. The van der Waals surface area contributed by atoms with Crippen LogP contribution in [-0.2, 0) is 21.2 Å². The van der Waals surface area contributed by atoms with E-state index in [0.29, 0.717) is 13.0 Å². The van der Waals surface area contributed by atoms with Gasteiger partial charge in [0.2, 0.25) is 5.91 Å². The van der Waals surface area contributed by atoms with Gasteiger partial charge in [-0.3, -0.25) is 4.79 Å². The Morgan fingerprint density at radius 2 is 1.83 bits per heavy atom. The van der Waals surface area contributed by atoms with Crippen LogP contribution >= 0.6 is 23.2 Å². The van der Waals surface area contributed by atoms with Crippen molar-refractivity contribution >= 4 is 44.6 Å². The van der Waals surface area contributed by atoms with E-state index in [9.17, 15) is 13.2 Å². The molecule has 8 heteroatoms. The van der Waals surface area contributed by atoms with Gasteiger partial charge in [0, 0.05) is 32.4 Å². The summed E-state index contributed by atoms with van der Waals surface area (Å²) in [5.74, 6) is -0.162. The fraction of sp³-hybridized carbons (Fsp3) is 0.571. The number of allylic oxidation sites excluding steroid dienone is 1. The second-order valence-corrected chi connectivity index (χ2v) is 12.1. The number of carbonyl (C=O) groups excluding carboxylic acids is 1. The van der Waals surface area contributed by atoms with Crippen molar-refractivity contribution in [3.05, 3.63) is 40.4 Å². The van der Waals surface area contributed by atoms with Crippen LogP contribution in [0, 0.1) is 17.3 Å². The number of amides is 1. The Morgan fingerprint density at radius 3 is 2.31 bits per heavy atom. The van der Waals surface area contributed by atoms with Gasteiger partial charge in [-0.15, -0.1) is 0 Å². The van der Waals surface area contributed by atoms with Crippen LogP contribution in [-0.4, -0.2) is 50.9 Å².